The molecule has 0 bridgehead atoms. The van der Waals surface area contributed by atoms with Crippen molar-refractivity contribution >= 4 is 5.78 Å². The average Bonchev–Trinajstić information content (AvgIpc) is 2.84. The van der Waals surface area contributed by atoms with Crippen LogP contribution < -0.4 is 4.74 Å². The van der Waals surface area contributed by atoms with Crippen LogP contribution in [-0.2, 0) is 16.0 Å². The van der Waals surface area contributed by atoms with Crippen molar-refractivity contribution in [2.45, 2.75) is 38.7 Å². The third-order valence-corrected chi connectivity index (χ3v) is 3.11. The summed E-state index contributed by atoms with van der Waals surface area (Å²) in [6, 6.07) is 7.74. The van der Waals surface area contributed by atoms with E-state index in [4.69, 9.17) is 9.47 Å². The predicted molar refractivity (Wildman–Crippen MR) is 69.9 cm³/mol. The number of hydrogen-bond donors (Lipinski definition) is 0. The van der Waals surface area contributed by atoms with E-state index in [1.165, 1.54) is 6.42 Å². The molecule has 1 aromatic rings. The Morgan fingerprint density at radius 2 is 2.17 bits per heavy atom. The Morgan fingerprint density at radius 3 is 2.78 bits per heavy atom. The number of Topliss-reactive ketones (excluding diaryl/α,β-unsaturated/α-hetero) is 1. The van der Waals surface area contributed by atoms with Crippen LogP contribution in [0, 0.1) is 0 Å². The van der Waals surface area contributed by atoms with Crippen molar-refractivity contribution in [3.05, 3.63) is 29.8 Å². The lowest BCUT2D eigenvalue weighted by Crippen LogP contribution is -2.10. The molecule has 0 aliphatic carbocycles. The summed E-state index contributed by atoms with van der Waals surface area (Å²) in [5, 5.41) is 0. The van der Waals surface area contributed by atoms with Gasteiger partial charge in [0, 0.05) is 19.4 Å². The maximum atomic E-state index is 11.0. The first-order valence-corrected chi connectivity index (χ1v) is 6.57. The number of benzene rings is 1. The molecule has 1 aliphatic heterocycles. The molecule has 1 atom stereocenters. The number of carbonyl (C=O) groups excluding carboxylic acids is 1. The van der Waals surface area contributed by atoms with Crippen LogP contribution in [0.15, 0.2) is 24.3 Å². The Labute approximate surface area is 108 Å². The summed E-state index contributed by atoms with van der Waals surface area (Å²) in [6.07, 6.45) is 4.15. The first kappa shape index (κ1) is 13.1. The highest BCUT2D eigenvalue weighted by molar-refractivity contribution is 5.78. The van der Waals surface area contributed by atoms with Crippen LogP contribution >= 0.6 is 0 Å². The van der Waals surface area contributed by atoms with E-state index in [1.54, 1.807) is 6.92 Å². The van der Waals surface area contributed by atoms with E-state index in [1.807, 2.05) is 24.3 Å². The molecule has 0 aromatic heterocycles. The second-order valence-corrected chi connectivity index (χ2v) is 4.79. The molecule has 2 rings (SSSR count). The van der Waals surface area contributed by atoms with Crippen molar-refractivity contribution in [2.75, 3.05) is 13.2 Å². The molecule has 1 saturated heterocycles. The summed E-state index contributed by atoms with van der Waals surface area (Å²) in [6.45, 7) is 3.19. The van der Waals surface area contributed by atoms with Gasteiger partial charge in [-0.2, -0.15) is 0 Å². The lowest BCUT2D eigenvalue weighted by Gasteiger charge is -2.10. The van der Waals surface area contributed by atoms with Crippen molar-refractivity contribution in [3.63, 3.8) is 0 Å². The van der Waals surface area contributed by atoms with E-state index in [9.17, 15) is 4.79 Å². The largest absolute Gasteiger partial charge is 0.493 e. The molecule has 98 valence electrons. The van der Waals surface area contributed by atoms with Gasteiger partial charge in [-0.05, 0) is 37.5 Å². The van der Waals surface area contributed by atoms with E-state index in [0.717, 1.165) is 30.8 Å². The van der Waals surface area contributed by atoms with Crippen molar-refractivity contribution in [3.8, 4) is 5.75 Å². The van der Waals surface area contributed by atoms with Crippen LogP contribution in [0.5, 0.6) is 5.75 Å². The molecule has 1 unspecified atom stereocenters. The maximum absolute atomic E-state index is 11.0. The highest BCUT2D eigenvalue weighted by atomic mass is 16.5. The fourth-order valence-electron chi connectivity index (χ4n) is 2.17. The third kappa shape index (κ3) is 4.15. The molecule has 1 fully saturated rings. The van der Waals surface area contributed by atoms with Crippen molar-refractivity contribution < 1.29 is 14.3 Å². The fraction of sp³-hybridized carbons (Fsp3) is 0.533. The van der Waals surface area contributed by atoms with Gasteiger partial charge in [-0.15, -0.1) is 0 Å². The van der Waals surface area contributed by atoms with E-state index in [2.05, 4.69) is 0 Å². The van der Waals surface area contributed by atoms with Gasteiger partial charge in [0.05, 0.1) is 12.7 Å². The lowest BCUT2D eigenvalue weighted by molar-refractivity contribution is -0.116. The Kier molecular flexibility index (Phi) is 4.76. The van der Waals surface area contributed by atoms with Gasteiger partial charge in [0.25, 0.3) is 0 Å². The van der Waals surface area contributed by atoms with Gasteiger partial charge >= 0.3 is 0 Å². The van der Waals surface area contributed by atoms with E-state index < -0.39 is 0 Å². The van der Waals surface area contributed by atoms with Crippen molar-refractivity contribution in [1.29, 1.82) is 0 Å². The Bertz CT molecular complexity index is 377. The molecule has 0 saturated carbocycles. The van der Waals surface area contributed by atoms with Gasteiger partial charge in [-0.25, -0.2) is 0 Å². The van der Waals surface area contributed by atoms with E-state index in [-0.39, 0.29) is 5.78 Å². The highest BCUT2D eigenvalue weighted by Crippen LogP contribution is 2.17. The number of carbonyl (C=O) groups is 1. The third-order valence-electron chi connectivity index (χ3n) is 3.11. The van der Waals surface area contributed by atoms with Gasteiger partial charge < -0.3 is 9.47 Å². The molecule has 0 spiro atoms. The SMILES string of the molecule is CC(=O)Cc1ccc(OCCC2CCCO2)cc1. The van der Waals surface area contributed by atoms with Crippen LogP contribution in [0.2, 0.25) is 0 Å². The van der Waals surface area contributed by atoms with Crippen LogP contribution in [0.25, 0.3) is 0 Å². The minimum absolute atomic E-state index is 0.182. The number of hydrogen-bond acceptors (Lipinski definition) is 3. The first-order chi connectivity index (χ1) is 8.74. The van der Waals surface area contributed by atoms with Gasteiger partial charge in [0.1, 0.15) is 11.5 Å². The number of ketones is 1. The predicted octanol–water partition coefficient (Wildman–Crippen LogP) is 2.77. The van der Waals surface area contributed by atoms with Crippen LogP contribution in [0.4, 0.5) is 0 Å². The molecular weight excluding hydrogens is 228 g/mol. The molecule has 0 radical (unpaired) electrons. The molecule has 3 nitrogen and oxygen atoms in total. The monoisotopic (exact) mass is 248 g/mol. The summed E-state index contributed by atoms with van der Waals surface area (Å²) in [4.78, 5) is 11.0. The Hall–Kier alpha value is -1.35. The van der Waals surface area contributed by atoms with Gasteiger partial charge in [0.2, 0.25) is 0 Å². The molecule has 1 aliphatic rings. The quantitative estimate of drug-likeness (QED) is 0.776. The molecular formula is C15H20O3. The summed E-state index contributed by atoms with van der Waals surface area (Å²) >= 11 is 0. The standard InChI is InChI=1S/C15H20O3/c1-12(16)11-13-4-6-15(7-5-13)18-10-8-14-3-2-9-17-14/h4-7,14H,2-3,8-11H2,1H3. The minimum atomic E-state index is 0.182. The summed E-state index contributed by atoms with van der Waals surface area (Å²) in [5.74, 6) is 1.04. The smallest absolute Gasteiger partial charge is 0.134 e. The second kappa shape index (κ2) is 6.55. The first-order valence-electron chi connectivity index (χ1n) is 6.57. The highest BCUT2D eigenvalue weighted by Gasteiger charge is 2.14. The summed E-state index contributed by atoms with van der Waals surface area (Å²) < 4.78 is 11.2. The normalized spacial score (nSPS) is 18.8. The fourth-order valence-corrected chi connectivity index (χ4v) is 2.17. The second-order valence-electron chi connectivity index (χ2n) is 4.79. The molecule has 0 N–H and O–H groups in total. The zero-order chi connectivity index (χ0) is 12.8. The van der Waals surface area contributed by atoms with Gasteiger partial charge in [-0.1, -0.05) is 12.1 Å². The summed E-state index contributed by atoms with van der Waals surface area (Å²) in [7, 11) is 0. The van der Waals surface area contributed by atoms with Gasteiger partial charge in [-0.3, -0.25) is 4.79 Å². The average molecular weight is 248 g/mol. The molecule has 0 amide bonds. The van der Waals surface area contributed by atoms with Crippen LogP contribution in [0.3, 0.4) is 0 Å². The van der Waals surface area contributed by atoms with E-state index in [0.29, 0.717) is 19.1 Å². The molecule has 1 aromatic carbocycles. The van der Waals surface area contributed by atoms with Crippen molar-refractivity contribution in [2.24, 2.45) is 0 Å². The van der Waals surface area contributed by atoms with Gasteiger partial charge in [0.15, 0.2) is 0 Å². The van der Waals surface area contributed by atoms with Crippen LogP contribution in [-0.4, -0.2) is 25.1 Å². The molecule has 18 heavy (non-hydrogen) atoms. The molecule has 1 heterocycles. The number of rotatable bonds is 6. The Morgan fingerprint density at radius 1 is 1.39 bits per heavy atom. The number of ether oxygens (including phenoxy) is 2. The topological polar surface area (TPSA) is 35.5 Å². The Balaban J connectivity index is 1.73. The zero-order valence-corrected chi connectivity index (χ0v) is 10.9. The minimum Gasteiger partial charge on any atom is -0.493 e. The van der Waals surface area contributed by atoms with Crippen molar-refractivity contribution in [1.82, 2.24) is 0 Å². The zero-order valence-electron chi connectivity index (χ0n) is 10.9. The lowest BCUT2D eigenvalue weighted by atomic mass is 10.1. The van der Waals surface area contributed by atoms with Crippen LogP contribution in [0.1, 0.15) is 31.7 Å². The summed E-state index contributed by atoms with van der Waals surface area (Å²) in [5.41, 5.74) is 1.04. The van der Waals surface area contributed by atoms with E-state index >= 15 is 0 Å². The maximum Gasteiger partial charge on any atom is 0.134 e. The molecule has 3 heteroatoms.